The first-order valence-corrected chi connectivity index (χ1v) is 10.1. The van der Waals surface area contributed by atoms with Crippen LogP contribution < -0.4 is 4.74 Å². The molecule has 2 bridgehead atoms. The summed E-state index contributed by atoms with van der Waals surface area (Å²) in [6.45, 7) is 4.45. The molecule has 0 saturated carbocycles. The molecule has 6 heteroatoms. The van der Waals surface area contributed by atoms with Crippen molar-refractivity contribution in [2.24, 2.45) is 0 Å². The van der Waals surface area contributed by atoms with E-state index in [2.05, 4.69) is 28.1 Å². The summed E-state index contributed by atoms with van der Waals surface area (Å²) in [5, 5.41) is 0.671. The zero-order valence-corrected chi connectivity index (χ0v) is 16.0. The molecule has 5 nitrogen and oxygen atoms in total. The summed E-state index contributed by atoms with van der Waals surface area (Å²) >= 11 is 1.56. The third-order valence-electron chi connectivity index (χ3n) is 5.55. The Morgan fingerprint density at radius 3 is 2.67 bits per heavy atom. The van der Waals surface area contributed by atoms with Crippen molar-refractivity contribution in [3.8, 4) is 10.9 Å². The Kier molecular flexibility index (Phi) is 4.10. The van der Waals surface area contributed by atoms with Gasteiger partial charge in [-0.2, -0.15) is 0 Å². The van der Waals surface area contributed by atoms with Gasteiger partial charge >= 0.3 is 0 Å². The van der Waals surface area contributed by atoms with Gasteiger partial charge in [0, 0.05) is 38.6 Å². The summed E-state index contributed by atoms with van der Waals surface area (Å²) in [5.74, 6) is 1.02. The van der Waals surface area contributed by atoms with Crippen molar-refractivity contribution >= 4 is 27.5 Å². The molecule has 0 spiro atoms. The lowest BCUT2D eigenvalue weighted by Gasteiger charge is -2.33. The van der Waals surface area contributed by atoms with E-state index in [9.17, 15) is 4.79 Å². The highest BCUT2D eigenvalue weighted by Gasteiger charge is 2.43. The summed E-state index contributed by atoms with van der Waals surface area (Å²) in [6, 6.07) is 17.2. The van der Waals surface area contributed by atoms with Crippen LogP contribution in [0.5, 0.6) is 10.9 Å². The van der Waals surface area contributed by atoms with E-state index < -0.39 is 0 Å². The molecule has 5 rings (SSSR count). The Labute approximate surface area is 162 Å². The highest BCUT2D eigenvalue weighted by molar-refractivity contribution is 7.20. The van der Waals surface area contributed by atoms with Crippen LogP contribution in [0.2, 0.25) is 0 Å². The minimum atomic E-state index is 0.207. The average Bonchev–Trinajstić information content (AvgIpc) is 3.36. The van der Waals surface area contributed by atoms with E-state index in [-0.39, 0.29) is 5.91 Å². The number of aromatic nitrogens is 1. The van der Waals surface area contributed by atoms with Gasteiger partial charge in [0.1, 0.15) is 5.75 Å². The fourth-order valence-electron chi connectivity index (χ4n) is 4.22. The number of ether oxygens (including phenoxy) is 1. The van der Waals surface area contributed by atoms with Crippen LogP contribution in [0.4, 0.5) is 0 Å². The smallest absolute Gasteiger partial charge is 0.279 e. The zero-order valence-electron chi connectivity index (χ0n) is 15.2. The maximum absolute atomic E-state index is 11.6. The summed E-state index contributed by atoms with van der Waals surface area (Å²) in [7, 11) is 0. The highest BCUT2D eigenvalue weighted by Crippen LogP contribution is 2.33. The van der Waals surface area contributed by atoms with E-state index in [4.69, 9.17) is 4.74 Å². The lowest BCUT2D eigenvalue weighted by Crippen LogP contribution is -2.47. The minimum absolute atomic E-state index is 0.207. The van der Waals surface area contributed by atoms with Crippen LogP contribution in [0.3, 0.4) is 0 Å². The molecular formula is C21H21N3O2S. The SMILES string of the molecule is CC(=O)N1C[C@H]2C[C@H]1CN2Cc1ccc(Oc2nc3ccccc3s2)cc1. The van der Waals surface area contributed by atoms with Crippen molar-refractivity contribution in [1.82, 2.24) is 14.8 Å². The van der Waals surface area contributed by atoms with Crippen LogP contribution in [0.15, 0.2) is 48.5 Å². The van der Waals surface area contributed by atoms with Gasteiger partial charge in [0.2, 0.25) is 5.91 Å². The average molecular weight is 379 g/mol. The fourth-order valence-corrected chi connectivity index (χ4v) is 5.06. The number of benzene rings is 2. The zero-order chi connectivity index (χ0) is 18.4. The Morgan fingerprint density at radius 2 is 1.96 bits per heavy atom. The number of thiazole rings is 1. The number of fused-ring (bicyclic) bond motifs is 3. The summed E-state index contributed by atoms with van der Waals surface area (Å²) < 4.78 is 7.06. The maximum atomic E-state index is 11.6. The van der Waals surface area contributed by atoms with Gasteiger partial charge in [0.05, 0.1) is 10.2 Å². The number of rotatable bonds is 4. The van der Waals surface area contributed by atoms with Gasteiger partial charge in [0.15, 0.2) is 0 Å². The third-order valence-corrected chi connectivity index (χ3v) is 6.46. The van der Waals surface area contributed by atoms with E-state index in [0.29, 0.717) is 17.3 Å². The van der Waals surface area contributed by atoms with Gasteiger partial charge in [-0.3, -0.25) is 9.69 Å². The highest BCUT2D eigenvalue weighted by atomic mass is 32.1. The second-order valence-corrected chi connectivity index (χ2v) is 8.33. The monoisotopic (exact) mass is 379 g/mol. The van der Waals surface area contributed by atoms with Crippen LogP contribution in [0, 0.1) is 0 Å². The second kappa shape index (κ2) is 6.62. The summed E-state index contributed by atoms with van der Waals surface area (Å²) in [5.41, 5.74) is 2.24. The number of piperazine rings is 1. The van der Waals surface area contributed by atoms with Gasteiger partial charge in [-0.25, -0.2) is 4.98 Å². The van der Waals surface area contributed by atoms with E-state index in [1.807, 2.05) is 35.2 Å². The topological polar surface area (TPSA) is 45.7 Å². The van der Waals surface area contributed by atoms with Gasteiger partial charge in [-0.05, 0) is 36.2 Å². The van der Waals surface area contributed by atoms with Gasteiger partial charge in [-0.1, -0.05) is 35.6 Å². The van der Waals surface area contributed by atoms with E-state index in [1.54, 1.807) is 18.3 Å². The largest absolute Gasteiger partial charge is 0.431 e. The molecule has 2 atom stereocenters. The predicted octanol–water partition coefficient (Wildman–Crippen LogP) is 3.89. The maximum Gasteiger partial charge on any atom is 0.279 e. The summed E-state index contributed by atoms with van der Waals surface area (Å²) in [6.07, 6.45) is 1.11. The number of nitrogens with zero attached hydrogens (tertiary/aromatic N) is 3. The number of amides is 1. The molecule has 2 fully saturated rings. The number of hydrogen-bond donors (Lipinski definition) is 0. The van der Waals surface area contributed by atoms with Crippen molar-refractivity contribution < 1.29 is 9.53 Å². The Morgan fingerprint density at radius 1 is 1.15 bits per heavy atom. The standard InChI is InChI=1S/C21H21N3O2S/c1-14(25)24-13-16-10-17(24)12-23(16)11-15-6-8-18(9-7-15)26-21-22-19-4-2-3-5-20(19)27-21/h2-9,16-17H,10-13H2,1H3/t16-,17+/m1/s1. The number of para-hydroxylation sites is 1. The summed E-state index contributed by atoms with van der Waals surface area (Å²) in [4.78, 5) is 20.7. The molecule has 138 valence electrons. The molecule has 0 aliphatic carbocycles. The van der Waals surface area contributed by atoms with Crippen molar-refractivity contribution in [1.29, 1.82) is 0 Å². The molecule has 3 heterocycles. The molecule has 27 heavy (non-hydrogen) atoms. The normalized spacial score (nSPS) is 21.9. The molecule has 3 aromatic rings. The molecule has 2 aliphatic rings. The molecule has 2 aromatic carbocycles. The lowest BCUT2D eigenvalue weighted by atomic mass is 10.2. The van der Waals surface area contributed by atoms with E-state index >= 15 is 0 Å². The molecule has 0 unspecified atom stereocenters. The van der Waals surface area contributed by atoms with E-state index in [1.165, 1.54) is 5.56 Å². The third kappa shape index (κ3) is 3.19. The quantitative estimate of drug-likeness (QED) is 0.690. The number of hydrogen-bond acceptors (Lipinski definition) is 5. The van der Waals surface area contributed by atoms with Crippen molar-refractivity contribution in [2.45, 2.75) is 32.0 Å². The van der Waals surface area contributed by atoms with Crippen LogP contribution in [-0.4, -0.2) is 45.9 Å². The molecule has 1 aromatic heterocycles. The van der Waals surface area contributed by atoms with Crippen molar-refractivity contribution in [3.05, 3.63) is 54.1 Å². The second-order valence-electron chi connectivity index (χ2n) is 7.34. The van der Waals surface area contributed by atoms with Crippen LogP contribution in [0.1, 0.15) is 18.9 Å². The van der Waals surface area contributed by atoms with E-state index in [0.717, 1.165) is 42.0 Å². The van der Waals surface area contributed by atoms with Crippen LogP contribution >= 0.6 is 11.3 Å². The molecule has 0 radical (unpaired) electrons. The van der Waals surface area contributed by atoms with Crippen LogP contribution in [0.25, 0.3) is 10.2 Å². The van der Waals surface area contributed by atoms with Crippen molar-refractivity contribution in [2.75, 3.05) is 13.1 Å². The number of carbonyl (C=O) groups excluding carboxylic acids is 1. The molecule has 0 N–H and O–H groups in total. The first-order chi connectivity index (χ1) is 13.2. The predicted molar refractivity (Wildman–Crippen MR) is 106 cm³/mol. The molecule has 1 amide bonds. The first kappa shape index (κ1) is 16.7. The van der Waals surface area contributed by atoms with Gasteiger partial charge in [-0.15, -0.1) is 0 Å². The molecular weight excluding hydrogens is 358 g/mol. The molecule has 2 saturated heterocycles. The van der Waals surface area contributed by atoms with Crippen LogP contribution in [-0.2, 0) is 11.3 Å². The Balaban J connectivity index is 1.23. The van der Waals surface area contributed by atoms with Gasteiger partial charge < -0.3 is 9.64 Å². The lowest BCUT2D eigenvalue weighted by molar-refractivity contribution is -0.131. The fraction of sp³-hybridized carbons (Fsp3) is 0.333. The number of carbonyl (C=O) groups is 1. The van der Waals surface area contributed by atoms with Gasteiger partial charge in [0.25, 0.3) is 5.19 Å². The molecule has 2 aliphatic heterocycles. The Bertz CT molecular complexity index is 952. The number of likely N-dealkylation sites (tertiary alicyclic amines) is 2. The minimum Gasteiger partial charge on any atom is -0.431 e. The van der Waals surface area contributed by atoms with Crippen molar-refractivity contribution in [3.63, 3.8) is 0 Å². The Hall–Kier alpha value is -2.44. The first-order valence-electron chi connectivity index (χ1n) is 9.29.